The van der Waals surface area contributed by atoms with Crippen LogP contribution in [0.5, 0.6) is 5.75 Å². The molecule has 2 saturated heterocycles. The molecule has 0 aromatic heterocycles. The Morgan fingerprint density at radius 2 is 1.96 bits per heavy atom. The zero-order valence-electron chi connectivity index (χ0n) is 14.7. The van der Waals surface area contributed by atoms with Crippen molar-refractivity contribution in [1.82, 2.24) is 9.80 Å². The van der Waals surface area contributed by atoms with Crippen LogP contribution in [0.1, 0.15) is 18.4 Å². The quantitative estimate of drug-likeness (QED) is 0.758. The molecule has 2 fully saturated rings. The van der Waals surface area contributed by atoms with Crippen molar-refractivity contribution in [2.45, 2.75) is 24.1 Å². The summed E-state index contributed by atoms with van der Waals surface area (Å²) in [4.78, 5) is 26.2. The van der Waals surface area contributed by atoms with Crippen molar-refractivity contribution in [1.29, 1.82) is 0 Å². The van der Waals surface area contributed by atoms with Gasteiger partial charge in [-0.05, 0) is 17.7 Å². The number of nitrogens with zero attached hydrogens (tertiary/aromatic N) is 2. The highest BCUT2D eigenvalue weighted by Crippen LogP contribution is 2.38. The predicted octanol–water partition coefficient (Wildman–Crippen LogP) is 1.10. The second-order valence-corrected chi connectivity index (χ2v) is 9.37. The van der Waals surface area contributed by atoms with Gasteiger partial charge >= 0.3 is 0 Å². The molecule has 0 unspecified atom stereocenters. The van der Waals surface area contributed by atoms with Crippen LogP contribution in [0.2, 0.25) is 5.02 Å². The number of carbonyl (C=O) groups is 2. The number of sulfone groups is 1. The van der Waals surface area contributed by atoms with Gasteiger partial charge in [0.25, 0.3) is 0 Å². The van der Waals surface area contributed by atoms with Gasteiger partial charge in [0.05, 0.1) is 18.6 Å². The van der Waals surface area contributed by atoms with E-state index >= 15 is 0 Å². The summed E-state index contributed by atoms with van der Waals surface area (Å²) in [6.07, 6.45) is 0.664. The van der Waals surface area contributed by atoms with Crippen LogP contribution in [-0.4, -0.2) is 67.9 Å². The monoisotopic (exact) mass is 400 g/mol. The zero-order chi connectivity index (χ0) is 19.1. The number of methoxy groups -OCH3 is 1. The van der Waals surface area contributed by atoms with Crippen LogP contribution < -0.4 is 4.74 Å². The van der Waals surface area contributed by atoms with Crippen molar-refractivity contribution in [2.24, 2.45) is 0 Å². The number of hydrogen-bond acceptors (Lipinski definition) is 5. The van der Waals surface area contributed by atoms with E-state index in [1.54, 1.807) is 23.1 Å². The molecule has 0 atom stereocenters. The average molecular weight is 401 g/mol. The number of halogens is 1. The van der Waals surface area contributed by atoms with E-state index in [1.807, 2.05) is 0 Å². The van der Waals surface area contributed by atoms with Gasteiger partial charge in [0.2, 0.25) is 11.8 Å². The van der Waals surface area contributed by atoms with Gasteiger partial charge in [0.1, 0.15) is 16.4 Å². The van der Waals surface area contributed by atoms with E-state index < -0.39 is 20.5 Å². The molecule has 0 bridgehead atoms. The molecular weight excluding hydrogens is 380 g/mol. The van der Waals surface area contributed by atoms with Crippen LogP contribution in [-0.2, 0) is 25.8 Å². The zero-order valence-corrected chi connectivity index (χ0v) is 16.3. The first-order valence-corrected chi connectivity index (χ1v) is 10.3. The summed E-state index contributed by atoms with van der Waals surface area (Å²) in [5, 5.41) is 0.438. The van der Waals surface area contributed by atoms with Crippen molar-refractivity contribution in [3.05, 3.63) is 28.8 Å². The number of carbonyl (C=O) groups excluding carboxylic acids is 2. The fraction of sp³-hybridized carbons (Fsp3) is 0.529. The molecule has 3 rings (SSSR count). The molecule has 9 heteroatoms. The molecule has 1 spiro atoms. The summed E-state index contributed by atoms with van der Waals surface area (Å²) in [7, 11) is -0.469. The maximum atomic E-state index is 12.6. The maximum Gasteiger partial charge on any atom is 0.238 e. The number of ether oxygens (including phenoxy) is 1. The summed E-state index contributed by atoms with van der Waals surface area (Å²) in [6, 6.07) is 5.18. The number of amides is 2. The summed E-state index contributed by atoms with van der Waals surface area (Å²) >= 11 is 6.09. The maximum absolute atomic E-state index is 12.6. The molecule has 0 aliphatic carbocycles. The molecule has 2 aliphatic heterocycles. The van der Waals surface area contributed by atoms with E-state index in [4.69, 9.17) is 16.3 Å². The number of benzene rings is 1. The Morgan fingerprint density at radius 3 is 2.46 bits per heavy atom. The van der Waals surface area contributed by atoms with Crippen molar-refractivity contribution in [3.8, 4) is 5.75 Å². The molecule has 26 heavy (non-hydrogen) atoms. The van der Waals surface area contributed by atoms with Crippen molar-refractivity contribution < 1.29 is 22.7 Å². The van der Waals surface area contributed by atoms with Gasteiger partial charge in [-0.1, -0.05) is 17.7 Å². The third kappa shape index (κ3) is 3.05. The van der Waals surface area contributed by atoms with E-state index in [0.717, 1.165) is 5.56 Å². The van der Waals surface area contributed by atoms with Crippen molar-refractivity contribution >= 4 is 33.3 Å². The van der Waals surface area contributed by atoms with E-state index in [-0.39, 0.29) is 31.1 Å². The molecule has 2 heterocycles. The van der Waals surface area contributed by atoms with Gasteiger partial charge in [-0.25, -0.2) is 8.42 Å². The fourth-order valence-corrected chi connectivity index (χ4v) is 6.08. The van der Waals surface area contributed by atoms with Crippen LogP contribution in [0.3, 0.4) is 0 Å². The number of piperidine rings is 1. The first-order valence-electron chi connectivity index (χ1n) is 8.29. The number of hydrogen-bond donors (Lipinski definition) is 0. The van der Waals surface area contributed by atoms with Crippen molar-refractivity contribution in [3.63, 3.8) is 0 Å². The summed E-state index contributed by atoms with van der Waals surface area (Å²) < 4.78 is 30.0. The van der Waals surface area contributed by atoms with Crippen LogP contribution in [0.25, 0.3) is 0 Å². The molecule has 0 radical (unpaired) electrons. The highest BCUT2D eigenvalue weighted by Gasteiger charge is 2.56. The SMILES string of the molecule is COc1ccc(CC(=O)N2CCC3(CC2)N(C)C(=O)CS3(=O)=O)cc1Cl. The van der Waals surface area contributed by atoms with Gasteiger partial charge in [-0.15, -0.1) is 0 Å². The highest BCUT2D eigenvalue weighted by molar-refractivity contribution is 7.93. The molecule has 1 aromatic rings. The topological polar surface area (TPSA) is 84.0 Å². The molecule has 0 saturated carbocycles. The smallest absolute Gasteiger partial charge is 0.238 e. The molecule has 2 amide bonds. The van der Waals surface area contributed by atoms with E-state index in [2.05, 4.69) is 0 Å². The van der Waals surface area contributed by atoms with Crippen LogP contribution in [0.15, 0.2) is 18.2 Å². The normalized spacial score (nSPS) is 21.3. The van der Waals surface area contributed by atoms with Crippen LogP contribution in [0.4, 0.5) is 0 Å². The van der Waals surface area contributed by atoms with E-state index in [1.165, 1.54) is 19.1 Å². The Kier molecular flexibility index (Phi) is 4.92. The van der Waals surface area contributed by atoms with E-state index in [9.17, 15) is 18.0 Å². The minimum Gasteiger partial charge on any atom is -0.495 e. The summed E-state index contributed by atoms with van der Waals surface area (Å²) in [5.74, 6) is -0.369. The lowest BCUT2D eigenvalue weighted by Gasteiger charge is -2.42. The second kappa shape index (κ2) is 6.74. The van der Waals surface area contributed by atoms with Gasteiger partial charge in [0, 0.05) is 33.0 Å². The first-order chi connectivity index (χ1) is 12.2. The summed E-state index contributed by atoms with van der Waals surface area (Å²) in [5.41, 5.74) is 0.766. The van der Waals surface area contributed by atoms with Gasteiger partial charge in [-0.2, -0.15) is 0 Å². The fourth-order valence-electron chi connectivity index (χ4n) is 3.69. The lowest BCUT2D eigenvalue weighted by Crippen LogP contribution is -2.55. The second-order valence-electron chi connectivity index (χ2n) is 6.68. The Hall–Kier alpha value is -1.80. The van der Waals surface area contributed by atoms with Crippen LogP contribution in [0, 0.1) is 0 Å². The van der Waals surface area contributed by atoms with Gasteiger partial charge in [-0.3, -0.25) is 9.59 Å². The highest BCUT2D eigenvalue weighted by atomic mass is 35.5. The molecule has 142 valence electrons. The Morgan fingerprint density at radius 1 is 1.31 bits per heavy atom. The number of likely N-dealkylation sites (tertiary alicyclic amines) is 1. The van der Waals surface area contributed by atoms with Crippen molar-refractivity contribution in [2.75, 3.05) is 33.0 Å². The predicted molar refractivity (Wildman–Crippen MR) is 96.8 cm³/mol. The standard InChI is InChI=1S/C17H21ClN2O5S/c1-19-16(22)11-26(23,24)17(19)5-7-20(8-6-17)15(21)10-12-3-4-14(25-2)13(18)9-12/h3-4,9H,5-8,10-11H2,1-2H3. The first kappa shape index (κ1) is 19.0. The third-order valence-corrected chi connectivity index (χ3v) is 8.11. The lowest BCUT2D eigenvalue weighted by atomic mass is 10.0. The van der Waals surface area contributed by atoms with E-state index in [0.29, 0.717) is 23.9 Å². The van der Waals surface area contributed by atoms with Crippen LogP contribution >= 0.6 is 11.6 Å². The minimum atomic E-state index is -3.52. The number of rotatable bonds is 3. The Balaban J connectivity index is 1.67. The van der Waals surface area contributed by atoms with Gasteiger partial charge < -0.3 is 14.5 Å². The lowest BCUT2D eigenvalue weighted by molar-refractivity contribution is -0.134. The van der Waals surface area contributed by atoms with Gasteiger partial charge in [0.15, 0.2) is 9.84 Å². The molecule has 1 aromatic carbocycles. The third-order valence-electron chi connectivity index (χ3n) is 5.35. The average Bonchev–Trinajstić information content (AvgIpc) is 2.75. The molecular formula is C17H21ClN2O5S. The summed E-state index contributed by atoms with van der Waals surface area (Å²) in [6.45, 7) is 0.610. The Labute approximate surface area is 157 Å². The molecule has 0 N–H and O–H groups in total. The minimum absolute atomic E-state index is 0.0922. The largest absolute Gasteiger partial charge is 0.495 e. The molecule has 2 aliphatic rings. The molecule has 7 nitrogen and oxygen atoms in total. The Bertz CT molecular complexity index is 847.